The summed E-state index contributed by atoms with van der Waals surface area (Å²) < 4.78 is 12.9. The lowest BCUT2D eigenvalue weighted by atomic mass is 10.1. The van der Waals surface area contributed by atoms with E-state index in [4.69, 9.17) is 0 Å². The van der Waals surface area contributed by atoms with E-state index in [1.807, 2.05) is 29.7 Å². The standard InChI is InChI=1S/C21H21FN2O2S/c1-15-14-17(21(26)24-10-12-27-13-11-24)5-8-19(15)23-20(25)9-4-16-2-6-18(22)7-3-16/h2-9,14H,10-13H2,1H3,(H,23,25)/b9-4+. The molecule has 0 spiro atoms. The molecule has 0 atom stereocenters. The second-order valence-corrected chi connectivity index (χ2v) is 7.53. The van der Waals surface area contributed by atoms with Gasteiger partial charge < -0.3 is 10.2 Å². The molecule has 4 nitrogen and oxygen atoms in total. The van der Waals surface area contributed by atoms with Crippen LogP contribution in [0.3, 0.4) is 0 Å². The summed E-state index contributed by atoms with van der Waals surface area (Å²) in [6, 6.07) is 11.2. The number of nitrogens with one attached hydrogen (secondary N) is 1. The van der Waals surface area contributed by atoms with E-state index in [0.717, 1.165) is 35.7 Å². The molecule has 2 amide bonds. The fraction of sp³-hybridized carbons (Fsp3) is 0.238. The van der Waals surface area contributed by atoms with Crippen molar-refractivity contribution in [2.45, 2.75) is 6.92 Å². The molecule has 2 aromatic rings. The summed E-state index contributed by atoms with van der Waals surface area (Å²) in [5, 5.41) is 2.81. The molecule has 0 unspecified atom stereocenters. The fourth-order valence-electron chi connectivity index (χ4n) is 2.81. The lowest BCUT2D eigenvalue weighted by Gasteiger charge is -2.26. The third-order valence-electron chi connectivity index (χ3n) is 4.33. The molecule has 140 valence electrons. The minimum Gasteiger partial charge on any atom is -0.337 e. The Bertz CT molecular complexity index is 859. The molecule has 0 saturated carbocycles. The van der Waals surface area contributed by atoms with Gasteiger partial charge in [-0.2, -0.15) is 11.8 Å². The molecular weight excluding hydrogens is 363 g/mol. The highest BCUT2D eigenvalue weighted by Gasteiger charge is 2.18. The molecule has 0 aliphatic carbocycles. The highest BCUT2D eigenvalue weighted by molar-refractivity contribution is 7.99. The first kappa shape index (κ1) is 19.2. The highest BCUT2D eigenvalue weighted by Crippen LogP contribution is 2.19. The molecule has 0 radical (unpaired) electrons. The highest BCUT2D eigenvalue weighted by atomic mass is 32.2. The van der Waals surface area contributed by atoms with E-state index in [1.54, 1.807) is 30.3 Å². The van der Waals surface area contributed by atoms with E-state index in [0.29, 0.717) is 11.3 Å². The molecule has 0 aromatic heterocycles. The maximum absolute atomic E-state index is 12.9. The van der Waals surface area contributed by atoms with E-state index < -0.39 is 0 Å². The molecular formula is C21H21FN2O2S. The number of benzene rings is 2. The largest absolute Gasteiger partial charge is 0.337 e. The van der Waals surface area contributed by atoms with Crippen molar-refractivity contribution in [1.29, 1.82) is 0 Å². The van der Waals surface area contributed by atoms with E-state index in [2.05, 4.69) is 5.32 Å². The number of anilines is 1. The number of amides is 2. The molecule has 1 aliphatic rings. The van der Waals surface area contributed by atoms with E-state index in [9.17, 15) is 14.0 Å². The molecule has 0 bridgehead atoms. The monoisotopic (exact) mass is 384 g/mol. The topological polar surface area (TPSA) is 49.4 Å². The van der Waals surface area contributed by atoms with Crippen LogP contribution in [0.5, 0.6) is 0 Å². The summed E-state index contributed by atoms with van der Waals surface area (Å²) in [4.78, 5) is 26.6. The van der Waals surface area contributed by atoms with Crippen molar-refractivity contribution in [2.24, 2.45) is 0 Å². The Hall–Kier alpha value is -2.60. The summed E-state index contributed by atoms with van der Waals surface area (Å²) in [5.74, 6) is 1.38. The van der Waals surface area contributed by atoms with Crippen LogP contribution < -0.4 is 5.32 Å². The average Bonchev–Trinajstić information content (AvgIpc) is 2.69. The molecule has 1 saturated heterocycles. The molecule has 27 heavy (non-hydrogen) atoms. The Kier molecular flexibility index (Phi) is 6.29. The van der Waals surface area contributed by atoms with Gasteiger partial charge in [0.05, 0.1) is 0 Å². The molecule has 1 heterocycles. The number of hydrogen-bond donors (Lipinski definition) is 1. The third-order valence-corrected chi connectivity index (χ3v) is 5.27. The van der Waals surface area contributed by atoms with Gasteiger partial charge in [-0.1, -0.05) is 12.1 Å². The number of thioether (sulfide) groups is 1. The minimum absolute atomic E-state index is 0.0347. The molecule has 3 rings (SSSR count). The Morgan fingerprint density at radius 1 is 1.11 bits per heavy atom. The third kappa shape index (κ3) is 5.20. The Balaban J connectivity index is 1.64. The van der Waals surface area contributed by atoms with Gasteiger partial charge in [0.2, 0.25) is 5.91 Å². The normalized spacial score (nSPS) is 14.4. The van der Waals surface area contributed by atoms with Crippen molar-refractivity contribution in [2.75, 3.05) is 29.9 Å². The second-order valence-electron chi connectivity index (χ2n) is 6.31. The van der Waals surface area contributed by atoms with Crippen molar-refractivity contribution in [3.63, 3.8) is 0 Å². The number of nitrogens with zero attached hydrogens (tertiary/aromatic N) is 1. The van der Waals surface area contributed by atoms with Gasteiger partial charge in [0, 0.05) is 41.9 Å². The summed E-state index contributed by atoms with van der Waals surface area (Å²) >= 11 is 1.86. The van der Waals surface area contributed by atoms with Gasteiger partial charge in [-0.05, 0) is 54.5 Å². The first-order valence-electron chi connectivity index (χ1n) is 8.75. The zero-order chi connectivity index (χ0) is 19.2. The minimum atomic E-state index is -0.315. The van der Waals surface area contributed by atoms with Crippen LogP contribution in [0.25, 0.3) is 6.08 Å². The number of carbonyl (C=O) groups excluding carboxylic acids is 2. The summed E-state index contributed by atoms with van der Waals surface area (Å²) in [5.41, 5.74) is 2.87. The summed E-state index contributed by atoms with van der Waals surface area (Å²) in [7, 11) is 0. The summed E-state index contributed by atoms with van der Waals surface area (Å²) in [6.07, 6.45) is 3.02. The van der Waals surface area contributed by atoms with Gasteiger partial charge in [-0.3, -0.25) is 9.59 Å². The number of carbonyl (C=O) groups is 2. The van der Waals surface area contributed by atoms with Gasteiger partial charge in [-0.25, -0.2) is 4.39 Å². The van der Waals surface area contributed by atoms with Gasteiger partial charge >= 0.3 is 0 Å². The van der Waals surface area contributed by atoms with Gasteiger partial charge in [0.25, 0.3) is 5.91 Å². The van der Waals surface area contributed by atoms with Crippen LogP contribution in [0.1, 0.15) is 21.5 Å². The maximum atomic E-state index is 12.9. The van der Waals surface area contributed by atoms with Gasteiger partial charge in [0.1, 0.15) is 5.82 Å². The lowest BCUT2D eigenvalue weighted by molar-refractivity contribution is -0.111. The van der Waals surface area contributed by atoms with Crippen LogP contribution in [0, 0.1) is 12.7 Å². The maximum Gasteiger partial charge on any atom is 0.253 e. The predicted octanol–water partition coefficient (Wildman–Crippen LogP) is 3.98. The van der Waals surface area contributed by atoms with Crippen LogP contribution in [0.4, 0.5) is 10.1 Å². The van der Waals surface area contributed by atoms with Crippen LogP contribution in [0.15, 0.2) is 48.5 Å². The SMILES string of the molecule is Cc1cc(C(=O)N2CCSCC2)ccc1NC(=O)/C=C/c1ccc(F)cc1. The molecule has 2 aromatic carbocycles. The van der Waals surface area contributed by atoms with E-state index >= 15 is 0 Å². The summed E-state index contributed by atoms with van der Waals surface area (Å²) in [6.45, 7) is 3.41. The van der Waals surface area contributed by atoms with Crippen molar-refractivity contribution >= 4 is 35.3 Å². The first-order chi connectivity index (χ1) is 13.0. The van der Waals surface area contributed by atoms with Crippen LogP contribution in [-0.2, 0) is 4.79 Å². The Morgan fingerprint density at radius 2 is 1.81 bits per heavy atom. The number of hydrogen-bond acceptors (Lipinski definition) is 3. The molecule has 1 aliphatic heterocycles. The quantitative estimate of drug-likeness (QED) is 0.812. The zero-order valence-electron chi connectivity index (χ0n) is 15.1. The zero-order valence-corrected chi connectivity index (χ0v) is 15.9. The number of halogens is 1. The molecule has 1 N–H and O–H groups in total. The average molecular weight is 384 g/mol. The van der Waals surface area contributed by atoms with Crippen molar-refractivity contribution in [3.8, 4) is 0 Å². The van der Waals surface area contributed by atoms with E-state index in [-0.39, 0.29) is 17.6 Å². The fourth-order valence-corrected chi connectivity index (χ4v) is 3.71. The smallest absolute Gasteiger partial charge is 0.253 e. The van der Waals surface area contributed by atoms with Crippen molar-refractivity contribution in [3.05, 3.63) is 71.0 Å². The predicted molar refractivity (Wildman–Crippen MR) is 108 cm³/mol. The van der Waals surface area contributed by atoms with E-state index in [1.165, 1.54) is 18.2 Å². The van der Waals surface area contributed by atoms with Crippen molar-refractivity contribution < 1.29 is 14.0 Å². The molecule has 1 fully saturated rings. The Morgan fingerprint density at radius 3 is 2.48 bits per heavy atom. The van der Waals surface area contributed by atoms with Crippen LogP contribution in [0.2, 0.25) is 0 Å². The number of aryl methyl sites for hydroxylation is 1. The van der Waals surface area contributed by atoms with Crippen LogP contribution in [-0.4, -0.2) is 41.3 Å². The second kappa shape index (κ2) is 8.86. The lowest BCUT2D eigenvalue weighted by Crippen LogP contribution is -2.37. The molecule has 6 heteroatoms. The van der Waals surface area contributed by atoms with Crippen LogP contribution >= 0.6 is 11.8 Å². The Labute approximate surface area is 162 Å². The number of rotatable bonds is 4. The first-order valence-corrected chi connectivity index (χ1v) is 9.91. The van der Waals surface area contributed by atoms with Gasteiger partial charge in [-0.15, -0.1) is 0 Å². The van der Waals surface area contributed by atoms with Gasteiger partial charge in [0.15, 0.2) is 0 Å². The van der Waals surface area contributed by atoms with Crippen molar-refractivity contribution in [1.82, 2.24) is 4.90 Å².